The van der Waals surface area contributed by atoms with Crippen molar-refractivity contribution in [1.29, 1.82) is 0 Å². The van der Waals surface area contributed by atoms with E-state index < -0.39 is 5.69 Å². The van der Waals surface area contributed by atoms with Crippen LogP contribution in [0.4, 0.5) is 4.39 Å². The minimum absolute atomic E-state index is 0.216. The second-order valence-electron chi connectivity index (χ2n) is 5.51. The molecule has 0 spiro atoms. The summed E-state index contributed by atoms with van der Waals surface area (Å²) in [5, 5.41) is 10.0. The number of likely N-dealkylation sites (N-methyl/N-ethyl adjacent to an activating group) is 1. The van der Waals surface area contributed by atoms with E-state index in [0.29, 0.717) is 5.00 Å². The molecule has 1 atom stereocenters. The molecule has 2 aromatic heterocycles. The zero-order valence-electron chi connectivity index (χ0n) is 13.7. The van der Waals surface area contributed by atoms with Gasteiger partial charge in [-0.25, -0.2) is 9.18 Å². The van der Waals surface area contributed by atoms with Crippen LogP contribution < -0.4 is 5.69 Å². The molecule has 0 saturated carbocycles. The van der Waals surface area contributed by atoms with Gasteiger partial charge in [0.1, 0.15) is 17.4 Å². The van der Waals surface area contributed by atoms with E-state index in [1.807, 2.05) is 12.3 Å². The molecular formula is C16H16FN5O2S. The van der Waals surface area contributed by atoms with Crippen molar-refractivity contribution in [3.05, 3.63) is 63.6 Å². The fraction of sp³-hybridized carbons (Fsp3) is 0.250. The Morgan fingerprint density at radius 1 is 1.28 bits per heavy atom. The highest BCUT2D eigenvalue weighted by molar-refractivity contribution is 7.12. The number of rotatable bonds is 5. The van der Waals surface area contributed by atoms with Gasteiger partial charge in [-0.1, -0.05) is 12.1 Å². The van der Waals surface area contributed by atoms with Crippen molar-refractivity contribution in [2.45, 2.75) is 19.5 Å². The van der Waals surface area contributed by atoms with E-state index in [9.17, 15) is 14.0 Å². The van der Waals surface area contributed by atoms with Crippen molar-refractivity contribution >= 4 is 17.2 Å². The standard InChI is InChI=1S/C16H16FN5O2S/c1-11(12-5-7-13(17)8-6-12)20(2)14(23)10-21-16(24)22(19-18-21)15-4-3-9-25-15/h3-9,11H,10H2,1-2H3. The van der Waals surface area contributed by atoms with Gasteiger partial charge in [0.15, 0.2) is 0 Å². The van der Waals surface area contributed by atoms with Gasteiger partial charge in [-0.3, -0.25) is 4.79 Å². The maximum atomic E-state index is 13.0. The van der Waals surface area contributed by atoms with Gasteiger partial charge < -0.3 is 4.90 Å². The van der Waals surface area contributed by atoms with Crippen molar-refractivity contribution in [1.82, 2.24) is 24.7 Å². The lowest BCUT2D eigenvalue weighted by Gasteiger charge is -2.25. The fourth-order valence-electron chi connectivity index (χ4n) is 2.32. The number of carbonyl (C=O) groups excluding carboxylic acids is 1. The van der Waals surface area contributed by atoms with Gasteiger partial charge in [-0.2, -0.15) is 9.36 Å². The Kier molecular flexibility index (Phi) is 4.75. The number of tetrazole rings is 1. The number of hydrogen-bond acceptors (Lipinski definition) is 5. The largest absolute Gasteiger partial charge is 0.369 e. The SMILES string of the molecule is CC(c1ccc(F)cc1)N(C)C(=O)Cn1nnn(-c2cccs2)c1=O. The summed E-state index contributed by atoms with van der Waals surface area (Å²) in [5.41, 5.74) is 0.325. The lowest BCUT2D eigenvalue weighted by atomic mass is 10.1. The first kappa shape index (κ1) is 17.0. The fourth-order valence-corrected chi connectivity index (χ4v) is 2.99. The normalized spacial score (nSPS) is 12.1. The maximum Gasteiger partial charge on any atom is 0.369 e. The van der Waals surface area contributed by atoms with E-state index in [4.69, 9.17) is 0 Å². The summed E-state index contributed by atoms with van der Waals surface area (Å²) in [7, 11) is 1.63. The van der Waals surface area contributed by atoms with Crippen molar-refractivity contribution in [3.63, 3.8) is 0 Å². The van der Waals surface area contributed by atoms with Crippen molar-refractivity contribution < 1.29 is 9.18 Å². The lowest BCUT2D eigenvalue weighted by Crippen LogP contribution is -2.36. The van der Waals surface area contributed by atoms with Gasteiger partial charge in [-0.05, 0) is 52.6 Å². The summed E-state index contributed by atoms with van der Waals surface area (Å²) in [4.78, 5) is 26.2. The molecule has 0 bridgehead atoms. The lowest BCUT2D eigenvalue weighted by molar-refractivity contribution is -0.132. The number of aromatic nitrogens is 4. The van der Waals surface area contributed by atoms with Gasteiger partial charge in [0.25, 0.3) is 0 Å². The van der Waals surface area contributed by atoms with Crippen LogP contribution in [0.25, 0.3) is 5.00 Å². The molecule has 1 aromatic carbocycles. The van der Waals surface area contributed by atoms with E-state index in [-0.39, 0.29) is 24.3 Å². The molecule has 130 valence electrons. The topological polar surface area (TPSA) is 73.0 Å². The van der Waals surface area contributed by atoms with Crippen molar-refractivity contribution in [2.24, 2.45) is 0 Å². The second-order valence-corrected chi connectivity index (χ2v) is 6.44. The Bertz CT molecular complexity index is 917. The summed E-state index contributed by atoms with van der Waals surface area (Å²) >= 11 is 1.35. The van der Waals surface area contributed by atoms with Crippen LogP contribution in [0.3, 0.4) is 0 Å². The monoisotopic (exact) mass is 361 g/mol. The average Bonchev–Trinajstić information content (AvgIpc) is 3.25. The molecule has 0 radical (unpaired) electrons. The van der Waals surface area contributed by atoms with Crippen LogP contribution in [-0.2, 0) is 11.3 Å². The first-order valence-electron chi connectivity index (χ1n) is 7.55. The van der Waals surface area contributed by atoms with Crippen molar-refractivity contribution in [2.75, 3.05) is 7.05 Å². The smallest absolute Gasteiger partial charge is 0.337 e. The number of benzene rings is 1. The number of halogens is 1. The van der Waals surface area contributed by atoms with Crippen LogP contribution in [0.1, 0.15) is 18.5 Å². The molecule has 0 saturated heterocycles. The molecule has 0 aliphatic heterocycles. The van der Waals surface area contributed by atoms with E-state index in [1.54, 1.807) is 31.3 Å². The summed E-state index contributed by atoms with van der Waals surface area (Å²) in [6, 6.07) is 9.23. The minimum Gasteiger partial charge on any atom is -0.337 e. The Morgan fingerprint density at radius 3 is 2.64 bits per heavy atom. The van der Waals surface area contributed by atoms with Gasteiger partial charge in [0, 0.05) is 7.05 Å². The molecule has 1 amide bonds. The van der Waals surface area contributed by atoms with Crippen LogP contribution in [0.2, 0.25) is 0 Å². The molecule has 7 nitrogen and oxygen atoms in total. The highest BCUT2D eigenvalue weighted by Gasteiger charge is 2.20. The molecular weight excluding hydrogens is 345 g/mol. The van der Waals surface area contributed by atoms with Crippen LogP contribution in [0, 0.1) is 5.82 Å². The predicted molar refractivity (Wildman–Crippen MR) is 91.1 cm³/mol. The first-order valence-corrected chi connectivity index (χ1v) is 8.43. The van der Waals surface area contributed by atoms with E-state index in [2.05, 4.69) is 10.4 Å². The zero-order valence-corrected chi connectivity index (χ0v) is 14.5. The van der Waals surface area contributed by atoms with Crippen LogP contribution >= 0.6 is 11.3 Å². The van der Waals surface area contributed by atoms with Gasteiger partial charge >= 0.3 is 5.69 Å². The molecule has 9 heteroatoms. The Morgan fingerprint density at radius 2 is 2.00 bits per heavy atom. The zero-order chi connectivity index (χ0) is 18.0. The highest BCUT2D eigenvalue weighted by Crippen LogP contribution is 2.19. The average molecular weight is 361 g/mol. The van der Waals surface area contributed by atoms with Crippen LogP contribution in [0.15, 0.2) is 46.6 Å². The number of thiophene rings is 1. The second kappa shape index (κ2) is 6.98. The number of carbonyl (C=O) groups is 1. The predicted octanol–water partition coefficient (Wildman–Crippen LogP) is 1.85. The molecule has 2 heterocycles. The molecule has 25 heavy (non-hydrogen) atoms. The van der Waals surface area contributed by atoms with E-state index in [1.165, 1.54) is 28.4 Å². The number of amides is 1. The Hall–Kier alpha value is -2.81. The summed E-state index contributed by atoms with van der Waals surface area (Å²) in [6.07, 6.45) is 0. The molecule has 0 aliphatic carbocycles. The molecule has 0 fully saturated rings. The summed E-state index contributed by atoms with van der Waals surface area (Å²) in [5.74, 6) is -0.626. The quantitative estimate of drug-likeness (QED) is 0.695. The minimum atomic E-state index is -0.473. The van der Waals surface area contributed by atoms with Gasteiger partial charge in [0.2, 0.25) is 5.91 Å². The molecule has 3 aromatic rings. The molecule has 1 unspecified atom stereocenters. The third-order valence-electron chi connectivity index (χ3n) is 3.97. The number of nitrogens with zero attached hydrogens (tertiary/aromatic N) is 5. The molecule has 0 aliphatic rings. The van der Waals surface area contributed by atoms with Gasteiger partial charge in [-0.15, -0.1) is 11.3 Å². The van der Waals surface area contributed by atoms with Crippen molar-refractivity contribution in [3.8, 4) is 5.00 Å². The molecule has 3 rings (SSSR count). The summed E-state index contributed by atoms with van der Waals surface area (Å²) < 4.78 is 15.2. The first-order chi connectivity index (χ1) is 12.0. The molecule has 0 N–H and O–H groups in total. The van der Waals surface area contributed by atoms with E-state index >= 15 is 0 Å². The van der Waals surface area contributed by atoms with Crippen LogP contribution in [-0.4, -0.2) is 37.6 Å². The Balaban J connectivity index is 1.74. The third kappa shape index (κ3) is 3.50. The maximum absolute atomic E-state index is 13.0. The highest BCUT2D eigenvalue weighted by atomic mass is 32.1. The Labute approximate surface area is 146 Å². The summed E-state index contributed by atoms with van der Waals surface area (Å²) in [6.45, 7) is 1.61. The van der Waals surface area contributed by atoms with Crippen LogP contribution in [0.5, 0.6) is 0 Å². The third-order valence-corrected chi connectivity index (χ3v) is 4.81. The van der Waals surface area contributed by atoms with E-state index in [0.717, 1.165) is 14.9 Å². The number of hydrogen-bond donors (Lipinski definition) is 0. The van der Waals surface area contributed by atoms with Gasteiger partial charge in [0.05, 0.1) is 6.04 Å².